The van der Waals surface area contributed by atoms with E-state index in [-0.39, 0.29) is 17.3 Å². The third kappa shape index (κ3) is 4.65. The summed E-state index contributed by atoms with van der Waals surface area (Å²) in [5, 5.41) is 11.4. The maximum atomic E-state index is 11.4. The topological polar surface area (TPSA) is 70.8 Å². The zero-order valence-corrected chi connectivity index (χ0v) is 13.9. The van der Waals surface area contributed by atoms with Crippen LogP contribution in [-0.2, 0) is 9.47 Å². The second-order valence-electron chi connectivity index (χ2n) is 5.90. The fourth-order valence-corrected chi connectivity index (χ4v) is 2.89. The number of benzene rings is 1. The standard InChI is InChI=1S/C17H25NO5/c1-4-15(18(19)20)17(13-8-10-14(21-3)11-9-13)23-16-7-5-6-12(2)22-16/h8-12,15-17H,4-7H2,1-3H3/t12-,15+,16+,17+/m0/s1. The largest absolute Gasteiger partial charge is 0.497 e. The molecule has 0 N–H and O–H groups in total. The van der Waals surface area contributed by atoms with Gasteiger partial charge < -0.3 is 14.2 Å². The van der Waals surface area contributed by atoms with E-state index >= 15 is 0 Å². The van der Waals surface area contributed by atoms with E-state index < -0.39 is 12.1 Å². The summed E-state index contributed by atoms with van der Waals surface area (Å²) in [6.45, 7) is 3.81. The van der Waals surface area contributed by atoms with Gasteiger partial charge in [0.2, 0.25) is 6.04 Å². The Morgan fingerprint density at radius 3 is 2.57 bits per heavy atom. The van der Waals surface area contributed by atoms with Crippen molar-refractivity contribution in [3.63, 3.8) is 0 Å². The third-order valence-electron chi connectivity index (χ3n) is 4.22. The van der Waals surface area contributed by atoms with Gasteiger partial charge >= 0.3 is 0 Å². The number of rotatable bonds is 7. The first-order valence-corrected chi connectivity index (χ1v) is 8.13. The van der Waals surface area contributed by atoms with Crippen LogP contribution in [0.15, 0.2) is 24.3 Å². The molecule has 0 radical (unpaired) electrons. The molecule has 1 aliphatic rings. The number of ether oxygens (including phenoxy) is 3. The minimum atomic E-state index is -0.802. The molecule has 0 saturated carbocycles. The van der Waals surface area contributed by atoms with Crippen LogP contribution in [0.2, 0.25) is 0 Å². The monoisotopic (exact) mass is 323 g/mol. The lowest BCUT2D eigenvalue weighted by Crippen LogP contribution is -2.35. The van der Waals surface area contributed by atoms with Crippen molar-refractivity contribution in [3.8, 4) is 5.75 Å². The molecule has 4 atom stereocenters. The maximum Gasteiger partial charge on any atom is 0.242 e. The highest BCUT2D eigenvalue weighted by molar-refractivity contribution is 5.29. The van der Waals surface area contributed by atoms with Gasteiger partial charge in [-0.15, -0.1) is 0 Å². The molecular formula is C17H25NO5. The summed E-state index contributed by atoms with van der Waals surface area (Å²) in [6.07, 6.45) is 2.28. The zero-order chi connectivity index (χ0) is 16.8. The van der Waals surface area contributed by atoms with Crippen LogP contribution in [0.25, 0.3) is 0 Å². The molecule has 6 heteroatoms. The first kappa shape index (κ1) is 17.7. The van der Waals surface area contributed by atoms with Gasteiger partial charge in [-0.2, -0.15) is 0 Å². The fourth-order valence-electron chi connectivity index (χ4n) is 2.89. The lowest BCUT2D eigenvalue weighted by Gasteiger charge is -2.32. The molecule has 2 rings (SSSR count). The van der Waals surface area contributed by atoms with Crippen molar-refractivity contribution in [3.05, 3.63) is 39.9 Å². The summed E-state index contributed by atoms with van der Waals surface area (Å²) in [7, 11) is 1.59. The highest BCUT2D eigenvalue weighted by atomic mass is 16.7. The van der Waals surface area contributed by atoms with E-state index in [9.17, 15) is 10.1 Å². The van der Waals surface area contributed by atoms with Crippen molar-refractivity contribution in [1.29, 1.82) is 0 Å². The average Bonchev–Trinajstić information content (AvgIpc) is 2.54. The van der Waals surface area contributed by atoms with Gasteiger partial charge in [0.1, 0.15) is 5.75 Å². The van der Waals surface area contributed by atoms with Crippen molar-refractivity contribution in [1.82, 2.24) is 0 Å². The Bertz CT molecular complexity index is 504. The van der Waals surface area contributed by atoms with E-state index in [4.69, 9.17) is 14.2 Å². The van der Waals surface area contributed by atoms with Gasteiger partial charge in [-0.3, -0.25) is 10.1 Å². The number of hydrogen-bond donors (Lipinski definition) is 0. The van der Waals surface area contributed by atoms with E-state index in [2.05, 4.69) is 0 Å². The predicted octanol–water partition coefficient (Wildman–Crippen LogP) is 3.72. The van der Waals surface area contributed by atoms with Gasteiger partial charge in [0.15, 0.2) is 12.4 Å². The minimum absolute atomic E-state index is 0.126. The lowest BCUT2D eigenvalue weighted by molar-refractivity contribution is -0.540. The van der Waals surface area contributed by atoms with E-state index in [1.807, 2.05) is 19.1 Å². The lowest BCUT2D eigenvalue weighted by atomic mass is 10.00. The molecule has 0 amide bonds. The quantitative estimate of drug-likeness (QED) is 0.565. The van der Waals surface area contributed by atoms with Gasteiger partial charge in [-0.05, 0) is 43.9 Å². The van der Waals surface area contributed by atoms with Crippen LogP contribution < -0.4 is 4.74 Å². The molecule has 0 spiro atoms. The molecule has 23 heavy (non-hydrogen) atoms. The molecular weight excluding hydrogens is 298 g/mol. The smallest absolute Gasteiger partial charge is 0.242 e. The Labute approximate surface area is 136 Å². The van der Waals surface area contributed by atoms with Gasteiger partial charge in [0, 0.05) is 11.3 Å². The van der Waals surface area contributed by atoms with Crippen molar-refractivity contribution < 1.29 is 19.1 Å². The van der Waals surface area contributed by atoms with E-state index in [1.54, 1.807) is 26.2 Å². The molecule has 1 fully saturated rings. The normalized spacial score (nSPS) is 24.0. The third-order valence-corrected chi connectivity index (χ3v) is 4.22. The van der Waals surface area contributed by atoms with E-state index in [0.717, 1.165) is 24.8 Å². The molecule has 1 heterocycles. The SMILES string of the molecule is CC[C@H]([C@H](O[C@@H]1CCC[C@H](C)O1)c1ccc(OC)cc1)[N+](=O)[O-]. The van der Waals surface area contributed by atoms with Crippen LogP contribution in [-0.4, -0.2) is 30.5 Å². The van der Waals surface area contributed by atoms with Crippen LogP contribution >= 0.6 is 0 Å². The first-order valence-electron chi connectivity index (χ1n) is 8.13. The molecule has 1 aromatic rings. The molecule has 0 aliphatic carbocycles. The molecule has 0 unspecified atom stereocenters. The second-order valence-corrected chi connectivity index (χ2v) is 5.90. The van der Waals surface area contributed by atoms with Gasteiger partial charge in [-0.1, -0.05) is 19.1 Å². The summed E-state index contributed by atoms with van der Waals surface area (Å²) < 4.78 is 17.0. The maximum absolute atomic E-state index is 11.4. The summed E-state index contributed by atoms with van der Waals surface area (Å²) >= 11 is 0. The predicted molar refractivity (Wildman–Crippen MR) is 86.1 cm³/mol. The Balaban J connectivity index is 2.21. The van der Waals surface area contributed by atoms with E-state index in [0.29, 0.717) is 12.2 Å². The Kier molecular flexibility index (Phi) is 6.36. The molecule has 1 saturated heterocycles. The van der Waals surface area contributed by atoms with Crippen molar-refractivity contribution in [2.45, 2.75) is 64.1 Å². The fraction of sp³-hybridized carbons (Fsp3) is 0.647. The minimum Gasteiger partial charge on any atom is -0.497 e. The molecule has 0 aromatic heterocycles. The molecule has 6 nitrogen and oxygen atoms in total. The van der Waals surface area contributed by atoms with Crippen LogP contribution in [0.3, 0.4) is 0 Å². The summed E-state index contributed by atoms with van der Waals surface area (Å²) in [5.41, 5.74) is 0.774. The van der Waals surface area contributed by atoms with E-state index in [1.165, 1.54) is 0 Å². The van der Waals surface area contributed by atoms with Crippen LogP contribution in [0.4, 0.5) is 0 Å². The second kappa shape index (κ2) is 8.26. The first-order chi connectivity index (χ1) is 11.0. The number of hydrogen-bond acceptors (Lipinski definition) is 5. The highest BCUT2D eigenvalue weighted by Crippen LogP contribution is 2.31. The Morgan fingerprint density at radius 2 is 2.04 bits per heavy atom. The number of nitro groups is 1. The average molecular weight is 323 g/mol. The number of methoxy groups -OCH3 is 1. The summed E-state index contributed by atoms with van der Waals surface area (Å²) in [6, 6.07) is 6.43. The molecule has 128 valence electrons. The van der Waals surface area contributed by atoms with Gasteiger partial charge in [0.05, 0.1) is 13.2 Å². The van der Waals surface area contributed by atoms with Gasteiger partial charge in [0.25, 0.3) is 0 Å². The zero-order valence-electron chi connectivity index (χ0n) is 13.9. The van der Waals surface area contributed by atoms with Crippen molar-refractivity contribution in [2.75, 3.05) is 7.11 Å². The highest BCUT2D eigenvalue weighted by Gasteiger charge is 2.35. The summed E-state index contributed by atoms with van der Waals surface area (Å²) in [4.78, 5) is 11.2. The van der Waals surface area contributed by atoms with Crippen LogP contribution in [0, 0.1) is 10.1 Å². The summed E-state index contributed by atoms with van der Waals surface area (Å²) in [5.74, 6) is 0.712. The van der Waals surface area contributed by atoms with Crippen LogP contribution in [0.1, 0.15) is 51.2 Å². The Morgan fingerprint density at radius 1 is 1.35 bits per heavy atom. The van der Waals surface area contributed by atoms with Gasteiger partial charge in [-0.25, -0.2) is 0 Å². The Hall–Kier alpha value is -1.66. The molecule has 1 aliphatic heterocycles. The molecule has 1 aromatic carbocycles. The molecule has 0 bridgehead atoms. The number of nitrogens with zero attached hydrogens (tertiary/aromatic N) is 1. The van der Waals surface area contributed by atoms with Crippen molar-refractivity contribution >= 4 is 0 Å². The van der Waals surface area contributed by atoms with Crippen LogP contribution in [0.5, 0.6) is 5.75 Å². The van der Waals surface area contributed by atoms with Crippen molar-refractivity contribution in [2.24, 2.45) is 0 Å².